The zero-order valence-electron chi connectivity index (χ0n) is 12.6. The maximum Gasteiger partial charge on any atom is 0.146 e. The average Bonchev–Trinajstić information content (AvgIpc) is 2.48. The fraction of sp³-hybridized carbons (Fsp3) is 0.353. The van der Waals surface area contributed by atoms with Crippen molar-refractivity contribution in [3.05, 3.63) is 59.7 Å². The number of anilines is 1. The molecule has 0 aliphatic heterocycles. The fourth-order valence-electron chi connectivity index (χ4n) is 2.23. The average molecular weight is 287 g/mol. The molecule has 0 saturated heterocycles. The maximum absolute atomic E-state index is 14.2. The number of nitrogens with one attached hydrogen (secondary N) is 1. The second kappa shape index (κ2) is 7.74. The van der Waals surface area contributed by atoms with Crippen LogP contribution in [-0.2, 0) is 13.1 Å². The van der Waals surface area contributed by atoms with E-state index in [2.05, 4.69) is 17.2 Å². The van der Waals surface area contributed by atoms with Gasteiger partial charge in [-0.25, -0.2) is 4.39 Å². The van der Waals surface area contributed by atoms with Crippen molar-refractivity contribution < 1.29 is 4.39 Å². The topological polar surface area (TPSA) is 28.2 Å². The summed E-state index contributed by atoms with van der Waals surface area (Å²) >= 11 is 0. The Morgan fingerprint density at radius 2 is 2.10 bits per heavy atom. The van der Waals surface area contributed by atoms with Gasteiger partial charge in [-0.1, -0.05) is 19.1 Å². The molecule has 0 spiro atoms. The smallest absolute Gasteiger partial charge is 0.146 e. The van der Waals surface area contributed by atoms with Gasteiger partial charge in [-0.3, -0.25) is 4.98 Å². The lowest BCUT2D eigenvalue weighted by atomic mass is 10.1. The minimum absolute atomic E-state index is 0.183. The van der Waals surface area contributed by atoms with E-state index in [1.54, 1.807) is 18.5 Å². The second-order valence-electron chi connectivity index (χ2n) is 5.18. The SMILES string of the molecule is CCCNCc1ccc(N(C)Cc2cccnc2)c(F)c1. The van der Waals surface area contributed by atoms with Gasteiger partial charge in [0.25, 0.3) is 0 Å². The van der Waals surface area contributed by atoms with Gasteiger partial charge >= 0.3 is 0 Å². The molecule has 0 fully saturated rings. The summed E-state index contributed by atoms with van der Waals surface area (Å²) in [7, 11) is 1.89. The first-order valence-electron chi connectivity index (χ1n) is 7.30. The highest BCUT2D eigenvalue weighted by Gasteiger charge is 2.09. The molecule has 0 bridgehead atoms. The number of hydrogen-bond donors (Lipinski definition) is 1. The van der Waals surface area contributed by atoms with Crippen molar-refractivity contribution in [2.24, 2.45) is 0 Å². The lowest BCUT2D eigenvalue weighted by molar-refractivity contribution is 0.614. The van der Waals surface area contributed by atoms with Crippen LogP contribution < -0.4 is 10.2 Å². The number of nitrogens with zero attached hydrogens (tertiary/aromatic N) is 2. The normalized spacial score (nSPS) is 10.6. The van der Waals surface area contributed by atoms with E-state index < -0.39 is 0 Å². The number of halogens is 1. The Bertz CT molecular complexity index is 557. The van der Waals surface area contributed by atoms with E-state index in [1.165, 1.54) is 0 Å². The number of pyridine rings is 1. The van der Waals surface area contributed by atoms with Crippen molar-refractivity contribution >= 4 is 5.69 Å². The molecule has 2 aromatic rings. The summed E-state index contributed by atoms with van der Waals surface area (Å²) in [5, 5.41) is 3.28. The van der Waals surface area contributed by atoms with Crippen molar-refractivity contribution in [3.8, 4) is 0 Å². The van der Waals surface area contributed by atoms with Crippen LogP contribution in [0.4, 0.5) is 10.1 Å². The quantitative estimate of drug-likeness (QED) is 0.792. The van der Waals surface area contributed by atoms with Gasteiger partial charge in [0.2, 0.25) is 0 Å². The standard InChI is InChI=1S/C17H22FN3/c1-3-8-19-11-14-6-7-17(16(18)10-14)21(2)13-15-5-4-9-20-12-15/h4-7,9-10,12,19H,3,8,11,13H2,1-2H3. The summed E-state index contributed by atoms with van der Waals surface area (Å²) in [5.74, 6) is -0.183. The predicted molar refractivity (Wildman–Crippen MR) is 84.7 cm³/mol. The Morgan fingerprint density at radius 1 is 1.24 bits per heavy atom. The monoisotopic (exact) mass is 287 g/mol. The Balaban J connectivity index is 2.02. The summed E-state index contributed by atoms with van der Waals surface area (Å²) in [5.41, 5.74) is 2.64. The first-order valence-corrected chi connectivity index (χ1v) is 7.30. The minimum atomic E-state index is -0.183. The molecule has 0 aliphatic rings. The summed E-state index contributed by atoms with van der Waals surface area (Å²) in [6.45, 7) is 4.41. The molecule has 2 rings (SSSR count). The highest BCUT2D eigenvalue weighted by atomic mass is 19.1. The van der Waals surface area contributed by atoms with Crippen LogP contribution in [0.3, 0.4) is 0 Å². The summed E-state index contributed by atoms with van der Waals surface area (Å²) < 4.78 is 14.2. The van der Waals surface area contributed by atoms with Crippen molar-refractivity contribution in [1.29, 1.82) is 0 Å². The second-order valence-corrected chi connectivity index (χ2v) is 5.18. The largest absolute Gasteiger partial charge is 0.368 e. The molecule has 1 N–H and O–H groups in total. The van der Waals surface area contributed by atoms with E-state index in [4.69, 9.17) is 0 Å². The summed E-state index contributed by atoms with van der Waals surface area (Å²) in [6.07, 6.45) is 4.62. The van der Waals surface area contributed by atoms with Crippen molar-refractivity contribution in [3.63, 3.8) is 0 Å². The summed E-state index contributed by atoms with van der Waals surface area (Å²) in [4.78, 5) is 5.98. The number of rotatable bonds is 7. The van der Waals surface area contributed by atoms with Crippen LogP contribution in [0.5, 0.6) is 0 Å². The van der Waals surface area contributed by atoms with Gasteiger partial charge < -0.3 is 10.2 Å². The van der Waals surface area contributed by atoms with Gasteiger partial charge in [-0.2, -0.15) is 0 Å². The Morgan fingerprint density at radius 3 is 2.76 bits per heavy atom. The van der Waals surface area contributed by atoms with E-state index in [0.29, 0.717) is 18.8 Å². The zero-order valence-corrected chi connectivity index (χ0v) is 12.6. The van der Waals surface area contributed by atoms with Crippen LogP contribution in [0.15, 0.2) is 42.7 Å². The predicted octanol–water partition coefficient (Wildman–Crippen LogP) is 3.36. The highest BCUT2D eigenvalue weighted by molar-refractivity contribution is 5.49. The molecule has 0 aliphatic carbocycles. The van der Waals surface area contributed by atoms with Gasteiger partial charge in [-0.05, 0) is 42.3 Å². The first-order chi connectivity index (χ1) is 10.2. The third-order valence-corrected chi connectivity index (χ3v) is 3.32. The van der Waals surface area contributed by atoms with Crippen LogP contribution in [0, 0.1) is 5.82 Å². The molecule has 21 heavy (non-hydrogen) atoms. The summed E-state index contributed by atoms with van der Waals surface area (Å²) in [6, 6.07) is 9.31. The lowest BCUT2D eigenvalue weighted by Gasteiger charge is -2.20. The first kappa shape index (κ1) is 15.4. The Kier molecular flexibility index (Phi) is 5.69. The molecule has 1 aromatic carbocycles. The van der Waals surface area contributed by atoms with Gasteiger partial charge in [0.1, 0.15) is 5.82 Å². The number of aromatic nitrogens is 1. The third kappa shape index (κ3) is 4.53. The Hall–Kier alpha value is -1.94. The zero-order chi connectivity index (χ0) is 15.1. The van der Waals surface area contributed by atoms with Gasteiger partial charge in [0.05, 0.1) is 5.69 Å². The molecular weight excluding hydrogens is 265 g/mol. The molecular formula is C17H22FN3. The minimum Gasteiger partial charge on any atom is -0.368 e. The van der Waals surface area contributed by atoms with Crippen LogP contribution >= 0.6 is 0 Å². The fourth-order valence-corrected chi connectivity index (χ4v) is 2.23. The Labute approximate surface area is 125 Å². The lowest BCUT2D eigenvalue weighted by Crippen LogP contribution is -2.18. The molecule has 0 radical (unpaired) electrons. The van der Waals surface area contributed by atoms with Crippen molar-refractivity contribution in [2.45, 2.75) is 26.4 Å². The molecule has 112 valence electrons. The molecule has 1 heterocycles. The maximum atomic E-state index is 14.2. The van der Waals surface area contributed by atoms with E-state index in [-0.39, 0.29) is 5.82 Å². The third-order valence-electron chi connectivity index (χ3n) is 3.32. The van der Waals surface area contributed by atoms with Crippen LogP contribution in [0.25, 0.3) is 0 Å². The number of benzene rings is 1. The van der Waals surface area contributed by atoms with Gasteiger partial charge in [0.15, 0.2) is 0 Å². The molecule has 0 atom stereocenters. The molecule has 1 aromatic heterocycles. The molecule has 0 amide bonds. The molecule has 0 unspecified atom stereocenters. The van der Waals surface area contributed by atoms with E-state index in [9.17, 15) is 4.39 Å². The van der Waals surface area contributed by atoms with Crippen LogP contribution in [0.2, 0.25) is 0 Å². The van der Waals surface area contributed by atoms with E-state index in [0.717, 1.165) is 24.1 Å². The molecule has 3 nitrogen and oxygen atoms in total. The molecule has 4 heteroatoms. The van der Waals surface area contributed by atoms with Crippen LogP contribution in [-0.4, -0.2) is 18.6 Å². The van der Waals surface area contributed by atoms with E-state index >= 15 is 0 Å². The highest BCUT2D eigenvalue weighted by Crippen LogP contribution is 2.21. The van der Waals surface area contributed by atoms with Crippen LogP contribution in [0.1, 0.15) is 24.5 Å². The van der Waals surface area contributed by atoms with E-state index in [1.807, 2.05) is 36.2 Å². The molecule has 0 saturated carbocycles. The van der Waals surface area contributed by atoms with Gasteiger partial charge in [-0.15, -0.1) is 0 Å². The van der Waals surface area contributed by atoms with Crippen molar-refractivity contribution in [2.75, 3.05) is 18.5 Å². The van der Waals surface area contributed by atoms with Gasteiger partial charge in [0, 0.05) is 32.5 Å². The van der Waals surface area contributed by atoms with Crippen molar-refractivity contribution in [1.82, 2.24) is 10.3 Å². The number of hydrogen-bond acceptors (Lipinski definition) is 3.